The van der Waals surface area contributed by atoms with Crippen molar-refractivity contribution in [2.45, 2.75) is 0 Å². The van der Waals surface area contributed by atoms with E-state index in [1.165, 1.54) is 0 Å². The molecule has 14 heavy (non-hydrogen) atoms. The standard InChI is InChI=1S/C9H9N5/c10-9(13-14-11)7-1-2-8-6(5-7)3-4-12-8/h1-5,12H,(H3,10,11,13)/p+1. The quantitative estimate of drug-likeness (QED) is 0.190. The van der Waals surface area contributed by atoms with Gasteiger partial charge in [-0.2, -0.15) is 0 Å². The Morgan fingerprint density at radius 1 is 1.36 bits per heavy atom. The number of nitrogens with zero attached hydrogens (tertiary/aromatic N) is 2. The molecular formula is C9H10N5+. The summed E-state index contributed by atoms with van der Waals surface area (Å²) in [7, 11) is 0. The second-order valence-electron chi connectivity index (χ2n) is 2.88. The highest BCUT2D eigenvalue weighted by Gasteiger charge is 2.08. The van der Waals surface area contributed by atoms with Crippen LogP contribution in [-0.2, 0) is 0 Å². The molecule has 0 aliphatic heterocycles. The summed E-state index contributed by atoms with van der Waals surface area (Å²) in [6, 6.07) is 7.69. The third-order valence-corrected chi connectivity index (χ3v) is 2.01. The van der Waals surface area contributed by atoms with Crippen LogP contribution in [0.15, 0.2) is 40.8 Å². The minimum Gasteiger partial charge on any atom is -0.361 e. The lowest BCUT2D eigenvalue weighted by atomic mass is 10.1. The number of aromatic amines is 1. The first-order valence-electron chi connectivity index (χ1n) is 4.12. The van der Waals surface area contributed by atoms with Crippen molar-refractivity contribution in [2.75, 3.05) is 0 Å². The SMILES string of the molecule is NN=NC(=[NH2+])c1ccc2[nH]ccc2c1. The average molecular weight is 188 g/mol. The largest absolute Gasteiger partial charge is 0.361 e. The van der Waals surface area contributed by atoms with Gasteiger partial charge in [0.2, 0.25) is 0 Å². The summed E-state index contributed by atoms with van der Waals surface area (Å²) < 4.78 is 0. The second-order valence-corrected chi connectivity index (χ2v) is 2.88. The van der Waals surface area contributed by atoms with Crippen LogP contribution >= 0.6 is 0 Å². The molecule has 0 saturated carbocycles. The minimum absolute atomic E-state index is 0.315. The maximum atomic E-state index is 5.63. The molecule has 0 atom stereocenters. The zero-order valence-electron chi connectivity index (χ0n) is 7.44. The van der Waals surface area contributed by atoms with E-state index in [2.05, 4.69) is 15.3 Å². The van der Waals surface area contributed by atoms with Crippen LogP contribution in [0.2, 0.25) is 0 Å². The molecule has 0 radical (unpaired) electrons. The molecule has 0 fully saturated rings. The Kier molecular flexibility index (Phi) is 1.98. The predicted octanol–water partition coefficient (Wildman–Crippen LogP) is -0.000500. The highest BCUT2D eigenvalue weighted by molar-refractivity contribution is 5.98. The van der Waals surface area contributed by atoms with Gasteiger partial charge in [-0.05, 0) is 24.3 Å². The Labute approximate surface area is 80.1 Å². The van der Waals surface area contributed by atoms with Gasteiger partial charge in [0.05, 0.1) is 10.7 Å². The van der Waals surface area contributed by atoms with Gasteiger partial charge in [0, 0.05) is 22.3 Å². The molecular weight excluding hydrogens is 178 g/mol. The number of rotatable bonds is 1. The number of nitrogens with one attached hydrogen (secondary N) is 1. The smallest absolute Gasteiger partial charge is 0.350 e. The summed E-state index contributed by atoms with van der Waals surface area (Å²) in [6.07, 6.45) is 1.87. The molecule has 1 heterocycles. The van der Waals surface area contributed by atoms with E-state index >= 15 is 0 Å². The molecule has 0 saturated heterocycles. The number of nitrogens with two attached hydrogens (primary N) is 2. The Hall–Kier alpha value is -2.17. The van der Waals surface area contributed by atoms with Crippen LogP contribution in [0, 0.1) is 0 Å². The van der Waals surface area contributed by atoms with Gasteiger partial charge >= 0.3 is 5.84 Å². The van der Waals surface area contributed by atoms with Crippen molar-refractivity contribution in [1.82, 2.24) is 4.98 Å². The third kappa shape index (κ3) is 1.35. The molecule has 1 aromatic carbocycles. The van der Waals surface area contributed by atoms with Crippen molar-refractivity contribution in [2.24, 2.45) is 16.2 Å². The minimum atomic E-state index is 0.315. The molecule has 0 aliphatic carbocycles. The molecule has 0 spiro atoms. The van der Waals surface area contributed by atoms with Crippen LogP contribution in [-0.4, -0.2) is 10.8 Å². The van der Waals surface area contributed by atoms with E-state index in [1.54, 1.807) is 0 Å². The maximum absolute atomic E-state index is 5.63. The van der Waals surface area contributed by atoms with E-state index in [0.29, 0.717) is 5.84 Å². The third-order valence-electron chi connectivity index (χ3n) is 2.01. The molecule has 0 amide bonds. The monoisotopic (exact) mass is 188 g/mol. The Morgan fingerprint density at radius 3 is 3.00 bits per heavy atom. The van der Waals surface area contributed by atoms with Gasteiger partial charge in [0.1, 0.15) is 0 Å². The first-order chi connectivity index (χ1) is 6.81. The molecule has 2 rings (SSSR count). The van der Waals surface area contributed by atoms with Crippen molar-refractivity contribution in [3.8, 4) is 0 Å². The lowest BCUT2D eigenvalue weighted by Crippen LogP contribution is -2.38. The number of amidine groups is 1. The summed E-state index contributed by atoms with van der Waals surface area (Å²) >= 11 is 0. The number of H-pyrrole nitrogens is 1. The van der Waals surface area contributed by atoms with Gasteiger partial charge in [-0.3, -0.25) is 11.3 Å². The molecule has 5 nitrogen and oxygen atoms in total. The number of aromatic nitrogens is 1. The van der Waals surface area contributed by atoms with Crippen molar-refractivity contribution in [1.29, 1.82) is 0 Å². The molecule has 0 unspecified atom stereocenters. The molecule has 5 N–H and O–H groups in total. The summed E-state index contributed by atoms with van der Waals surface area (Å²) in [5.74, 6) is 5.23. The zero-order valence-corrected chi connectivity index (χ0v) is 7.44. The lowest BCUT2D eigenvalue weighted by Gasteiger charge is -1.91. The van der Waals surface area contributed by atoms with Crippen LogP contribution < -0.4 is 11.3 Å². The summed E-state index contributed by atoms with van der Waals surface area (Å²) in [5.41, 5.74) is 1.87. The van der Waals surface area contributed by atoms with E-state index in [9.17, 15) is 0 Å². The Bertz CT molecular complexity index is 497. The number of hydrogen-bond acceptors (Lipinski definition) is 1. The van der Waals surface area contributed by atoms with Crippen LogP contribution in [0.3, 0.4) is 0 Å². The van der Waals surface area contributed by atoms with Gasteiger partial charge in [0.25, 0.3) is 0 Å². The van der Waals surface area contributed by atoms with Crippen molar-refractivity contribution < 1.29 is 5.41 Å². The highest BCUT2D eigenvalue weighted by atomic mass is 15.3. The lowest BCUT2D eigenvalue weighted by molar-refractivity contribution is -0.114. The Morgan fingerprint density at radius 2 is 2.21 bits per heavy atom. The van der Waals surface area contributed by atoms with Gasteiger partial charge < -0.3 is 4.98 Å². The molecule has 5 heteroatoms. The average Bonchev–Trinajstić information content (AvgIpc) is 2.64. The van der Waals surface area contributed by atoms with Crippen LogP contribution in [0.5, 0.6) is 0 Å². The second kappa shape index (κ2) is 3.29. The fourth-order valence-electron chi connectivity index (χ4n) is 1.33. The van der Waals surface area contributed by atoms with Crippen LogP contribution in [0.4, 0.5) is 0 Å². The molecule has 70 valence electrons. The van der Waals surface area contributed by atoms with E-state index in [4.69, 9.17) is 11.3 Å². The van der Waals surface area contributed by atoms with E-state index in [1.807, 2.05) is 30.5 Å². The maximum Gasteiger partial charge on any atom is 0.350 e. The molecule has 0 bridgehead atoms. The molecule has 1 aromatic heterocycles. The molecule has 0 aliphatic rings. The summed E-state index contributed by atoms with van der Waals surface area (Å²) in [6.45, 7) is 0. The van der Waals surface area contributed by atoms with E-state index < -0.39 is 0 Å². The predicted molar refractivity (Wildman–Crippen MR) is 53.4 cm³/mol. The van der Waals surface area contributed by atoms with Gasteiger partial charge in [0.15, 0.2) is 0 Å². The first kappa shape index (κ1) is 8.43. The topological polar surface area (TPSA) is 92.1 Å². The van der Waals surface area contributed by atoms with E-state index in [-0.39, 0.29) is 0 Å². The van der Waals surface area contributed by atoms with Gasteiger partial charge in [-0.15, -0.1) is 0 Å². The van der Waals surface area contributed by atoms with Crippen LogP contribution in [0.1, 0.15) is 5.56 Å². The summed E-state index contributed by atoms with van der Waals surface area (Å²) in [5, 5.41) is 13.4. The van der Waals surface area contributed by atoms with Gasteiger partial charge in [-0.1, -0.05) is 0 Å². The van der Waals surface area contributed by atoms with Crippen molar-refractivity contribution in [3.05, 3.63) is 36.0 Å². The fourth-order valence-corrected chi connectivity index (χ4v) is 1.33. The number of hydrogen-bond donors (Lipinski definition) is 3. The fraction of sp³-hybridized carbons (Fsp3) is 0. The van der Waals surface area contributed by atoms with Crippen molar-refractivity contribution >= 4 is 16.7 Å². The number of fused-ring (bicyclic) bond motifs is 1. The highest BCUT2D eigenvalue weighted by Crippen LogP contribution is 2.14. The molecule has 2 aromatic rings. The van der Waals surface area contributed by atoms with Gasteiger partial charge in [-0.25, -0.2) is 0 Å². The normalized spacial score (nSPS) is 11.1. The Balaban J connectivity index is 2.48. The number of benzene rings is 1. The first-order valence-corrected chi connectivity index (χ1v) is 4.12. The van der Waals surface area contributed by atoms with Crippen LogP contribution in [0.25, 0.3) is 10.9 Å². The van der Waals surface area contributed by atoms with Crippen molar-refractivity contribution in [3.63, 3.8) is 0 Å². The van der Waals surface area contributed by atoms with E-state index in [0.717, 1.165) is 16.5 Å². The zero-order chi connectivity index (χ0) is 9.97. The summed E-state index contributed by atoms with van der Waals surface area (Å²) in [4.78, 5) is 3.09.